The molecule has 1 saturated carbocycles. The number of halogens is 1. The van der Waals surface area contributed by atoms with E-state index in [-0.39, 0.29) is 29.4 Å². The van der Waals surface area contributed by atoms with Gasteiger partial charge in [-0.2, -0.15) is 0 Å². The first kappa shape index (κ1) is 31.0. The van der Waals surface area contributed by atoms with Crippen molar-refractivity contribution in [3.8, 4) is 5.75 Å². The number of methoxy groups -OCH3 is 2. The number of benzene rings is 2. The molecule has 6 rings (SSSR count). The summed E-state index contributed by atoms with van der Waals surface area (Å²) in [4.78, 5) is 27.4. The van der Waals surface area contributed by atoms with E-state index in [0.29, 0.717) is 37.0 Å². The van der Waals surface area contributed by atoms with Crippen LogP contribution < -0.4 is 9.64 Å². The van der Waals surface area contributed by atoms with Gasteiger partial charge in [-0.1, -0.05) is 23.7 Å². The fourth-order valence-corrected chi connectivity index (χ4v) is 8.24. The van der Waals surface area contributed by atoms with Crippen LogP contribution in [0.3, 0.4) is 0 Å². The van der Waals surface area contributed by atoms with E-state index in [9.17, 15) is 9.59 Å². The molecule has 2 aromatic rings. The molecule has 0 N–H and O–H groups in total. The summed E-state index contributed by atoms with van der Waals surface area (Å²) in [7, 11) is 3.23. The molecule has 44 heavy (non-hydrogen) atoms. The molecule has 0 saturated heterocycles. The number of anilines is 1. The van der Waals surface area contributed by atoms with Crippen molar-refractivity contribution in [2.45, 2.75) is 69.8 Å². The highest BCUT2D eigenvalue weighted by Gasteiger charge is 2.45. The summed E-state index contributed by atoms with van der Waals surface area (Å²) in [5.41, 5.74) is 5.22. The first-order valence-corrected chi connectivity index (χ1v) is 16.5. The third kappa shape index (κ3) is 5.97. The zero-order valence-corrected chi connectivity index (χ0v) is 26.9. The van der Waals surface area contributed by atoms with Gasteiger partial charge in [-0.05, 0) is 117 Å². The molecule has 1 aliphatic heterocycles. The Kier molecular flexibility index (Phi) is 9.25. The number of rotatable bonds is 8. The number of allylic oxidation sites excluding steroid dienone is 1. The van der Waals surface area contributed by atoms with Gasteiger partial charge >= 0.3 is 11.9 Å². The number of hydrogen-bond donors (Lipinski definition) is 0. The first-order valence-electron chi connectivity index (χ1n) is 16.1. The van der Waals surface area contributed by atoms with Gasteiger partial charge in [0.25, 0.3) is 0 Å². The fourth-order valence-electron chi connectivity index (χ4n) is 8.05. The van der Waals surface area contributed by atoms with Gasteiger partial charge in [-0.25, -0.2) is 4.79 Å². The predicted octanol–water partition coefficient (Wildman–Crippen LogP) is 6.93. The molecule has 1 spiro atoms. The second kappa shape index (κ2) is 13.1. The van der Waals surface area contributed by atoms with Gasteiger partial charge in [0.2, 0.25) is 0 Å². The van der Waals surface area contributed by atoms with Gasteiger partial charge in [-0.15, -0.1) is 0 Å². The summed E-state index contributed by atoms with van der Waals surface area (Å²) >= 11 is 6.43. The van der Waals surface area contributed by atoms with Crippen molar-refractivity contribution >= 4 is 29.2 Å². The van der Waals surface area contributed by atoms with Gasteiger partial charge in [0, 0.05) is 30.6 Å². The number of carbonyl (C=O) groups excluding carboxylic acids is 2. The third-order valence-corrected chi connectivity index (χ3v) is 10.7. The van der Waals surface area contributed by atoms with Gasteiger partial charge < -0.3 is 23.8 Å². The molecule has 2 aromatic carbocycles. The number of nitrogens with zero attached hydrogens (tertiary/aromatic N) is 1. The largest absolute Gasteiger partial charge is 0.490 e. The Balaban J connectivity index is 1.28. The summed E-state index contributed by atoms with van der Waals surface area (Å²) in [5.74, 6) is 1.10. The molecule has 3 aliphatic carbocycles. The predicted molar refractivity (Wildman–Crippen MR) is 171 cm³/mol. The molecule has 7 nitrogen and oxygen atoms in total. The standard InChI is InChI=1S/C36H44ClNO6/c1-4-43-35(40)24-9-7-23(8-10-24)33(41-2)29-14-11-27(29)20-38-21-36(17-5-6-25-18-28(37)13-15-30(25)36)22-44-32-16-12-26(19-31(32)38)34(39)42-3/h7,12-13,15-16,18-19,24,27,29,33H,4-6,8-11,14,17,20-22H2,1-3H3/t24-,27+,29-,33-,36+/m1/s1. The minimum Gasteiger partial charge on any atom is -0.490 e. The topological polar surface area (TPSA) is 74.3 Å². The zero-order chi connectivity index (χ0) is 30.8. The molecule has 0 amide bonds. The maximum absolute atomic E-state index is 12.6. The molecule has 0 radical (unpaired) electrons. The normalized spacial score (nSPS) is 26.7. The summed E-state index contributed by atoms with van der Waals surface area (Å²) < 4.78 is 23.1. The Morgan fingerprint density at radius 2 is 1.98 bits per heavy atom. The van der Waals surface area contributed by atoms with E-state index >= 15 is 0 Å². The Hall–Kier alpha value is -3.03. The van der Waals surface area contributed by atoms with Crippen LogP contribution in [0.25, 0.3) is 0 Å². The molecule has 0 bridgehead atoms. The number of fused-ring (bicyclic) bond motifs is 3. The highest BCUT2D eigenvalue weighted by Crippen LogP contribution is 2.48. The van der Waals surface area contributed by atoms with Crippen LogP contribution in [0.2, 0.25) is 5.02 Å². The maximum Gasteiger partial charge on any atom is 0.337 e. The van der Waals surface area contributed by atoms with E-state index in [2.05, 4.69) is 23.1 Å². The van der Waals surface area contributed by atoms with Crippen molar-refractivity contribution in [1.29, 1.82) is 0 Å². The van der Waals surface area contributed by atoms with E-state index in [1.54, 1.807) is 6.07 Å². The second-order valence-electron chi connectivity index (χ2n) is 12.9. The SMILES string of the molecule is CCOC(=O)[C@@H]1CC=C([C@@H](OC)[C@@H]2CC[C@H]2CN2C[C@@]3(CCCc4cc(Cl)ccc43)COc3ccc(C(=O)OC)cc32)CC1. The van der Waals surface area contributed by atoms with Crippen molar-refractivity contribution < 1.29 is 28.5 Å². The Morgan fingerprint density at radius 1 is 1.11 bits per heavy atom. The van der Waals surface area contributed by atoms with Gasteiger partial charge in [0.15, 0.2) is 0 Å². The summed E-state index contributed by atoms with van der Waals surface area (Å²) in [6.07, 6.45) is 9.98. The lowest BCUT2D eigenvalue weighted by Gasteiger charge is -2.47. The number of hydrogen-bond acceptors (Lipinski definition) is 7. The lowest BCUT2D eigenvalue weighted by Crippen LogP contribution is -2.50. The zero-order valence-electron chi connectivity index (χ0n) is 26.1. The van der Waals surface area contributed by atoms with Gasteiger partial charge in [0.1, 0.15) is 5.75 Å². The van der Waals surface area contributed by atoms with Crippen LogP contribution >= 0.6 is 11.6 Å². The Morgan fingerprint density at radius 3 is 2.68 bits per heavy atom. The molecular formula is C36H44ClNO6. The molecule has 8 heteroatoms. The number of ether oxygens (including phenoxy) is 4. The van der Waals surface area contributed by atoms with Crippen molar-refractivity contribution in [1.82, 2.24) is 0 Å². The lowest BCUT2D eigenvalue weighted by molar-refractivity contribution is -0.148. The molecule has 1 heterocycles. The average Bonchev–Trinajstić information content (AvgIpc) is 3.18. The smallest absolute Gasteiger partial charge is 0.337 e. The van der Waals surface area contributed by atoms with Gasteiger partial charge in [-0.3, -0.25) is 4.79 Å². The minimum absolute atomic E-state index is 0.0347. The van der Waals surface area contributed by atoms with Crippen LogP contribution in [0.15, 0.2) is 48.0 Å². The third-order valence-electron chi connectivity index (χ3n) is 10.5. The lowest BCUT2D eigenvalue weighted by atomic mass is 9.66. The van der Waals surface area contributed by atoms with E-state index in [1.165, 1.54) is 23.8 Å². The molecule has 1 fully saturated rings. The van der Waals surface area contributed by atoms with Crippen molar-refractivity contribution in [3.05, 3.63) is 69.8 Å². The molecule has 0 unspecified atom stereocenters. The van der Waals surface area contributed by atoms with Crippen molar-refractivity contribution in [2.24, 2.45) is 17.8 Å². The number of carbonyl (C=O) groups is 2. The van der Waals surface area contributed by atoms with Crippen LogP contribution in [0.1, 0.15) is 73.4 Å². The summed E-state index contributed by atoms with van der Waals surface area (Å²) in [6, 6.07) is 12.0. The maximum atomic E-state index is 12.6. The highest BCUT2D eigenvalue weighted by molar-refractivity contribution is 6.30. The Labute approximate surface area is 265 Å². The molecular weight excluding hydrogens is 578 g/mol. The van der Waals surface area contributed by atoms with Crippen molar-refractivity contribution in [2.75, 3.05) is 45.4 Å². The second-order valence-corrected chi connectivity index (χ2v) is 13.4. The quantitative estimate of drug-likeness (QED) is 0.234. The van der Waals surface area contributed by atoms with Crippen LogP contribution in [0.5, 0.6) is 5.75 Å². The van der Waals surface area contributed by atoms with E-state index in [0.717, 1.165) is 74.5 Å². The molecule has 236 valence electrons. The first-order chi connectivity index (χ1) is 21.4. The van der Waals surface area contributed by atoms with E-state index in [1.807, 2.05) is 32.2 Å². The summed E-state index contributed by atoms with van der Waals surface area (Å²) in [6.45, 7) is 4.49. The molecule has 4 aliphatic rings. The number of esters is 2. The number of aryl methyl sites for hydroxylation is 1. The average molecular weight is 622 g/mol. The fraction of sp³-hybridized carbons (Fsp3) is 0.556. The van der Waals surface area contributed by atoms with Crippen LogP contribution in [-0.2, 0) is 30.8 Å². The van der Waals surface area contributed by atoms with Gasteiger partial charge in [0.05, 0.1) is 43.6 Å². The molecule has 5 atom stereocenters. The van der Waals surface area contributed by atoms with E-state index < -0.39 is 0 Å². The minimum atomic E-state index is -0.351. The highest BCUT2D eigenvalue weighted by atomic mass is 35.5. The molecule has 0 aromatic heterocycles. The summed E-state index contributed by atoms with van der Waals surface area (Å²) in [5, 5.41) is 0.770. The van der Waals surface area contributed by atoms with Crippen LogP contribution in [0, 0.1) is 17.8 Å². The Bertz CT molecular complexity index is 1420. The van der Waals surface area contributed by atoms with Crippen LogP contribution in [-0.4, -0.2) is 58.6 Å². The van der Waals surface area contributed by atoms with Crippen molar-refractivity contribution in [3.63, 3.8) is 0 Å². The van der Waals surface area contributed by atoms with Crippen LogP contribution in [0.4, 0.5) is 5.69 Å². The van der Waals surface area contributed by atoms with E-state index in [4.69, 9.17) is 30.5 Å². The monoisotopic (exact) mass is 621 g/mol.